The first kappa shape index (κ1) is 16.4. The van der Waals surface area contributed by atoms with Crippen molar-refractivity contribution in [3.05, 3.63) is 58.4 Å². The number of hydrogen-bond acceptors (Lipinski definition) is 4. The van der Waals surface area contributed by atoms with Gasteiger partial charge in [-0.3, -0.25) is 4.79 Å². The summed E-state index contributed by atoms with van der Waals surface area (Å²) >= 11 is 2.22. The maximum absolute atomic E-state index is 12.0. The zero-order chi connectivity index (χ0) is 16.9. The van der Waals surface area contributed by atoms with E-state index in [1.54, 1.807) is 6.33 Å². The minimum atomic E-state index is -0.219. The van der Waals surface area contributed by atoms with Gasteiger partial charge in [0.1, 0.15) is 12.1 Å². The second-order valence-electron chi connectivity index (χ2n) is 5.14. The Labute approximate surface area is 153 Å². The molecule has 1 N–H and O–H groups in total. The average Bonchev–Trinajstić information content (AvgIpc) is 3.01. The van der Waals surface area contributed by atoms with Gasteiger partial charge in [-0.1, -0.05) is 12.1 Å². The number of aromatic nitrogens is 3. The van der Waals surface area contributed by atoms with Crippen molar-refractivity contribution in [2.45, 2.75) is 0 Å². The number of rotatable bonds is 5. The number of halogens is 1. The van der Waals surface area contributed by atoms with Gasteiger partial charge in [-0.05, 0) is 59.0 Å². The van der Waals surface area contributed by atoms with E-state index in [1.165, 1.54) is 0 Å². The largest absolute Gasteiger partial charge is 0.484 e. The second kappa shape index (κ2) is 7.43. The van der Waals surface area contributed by atoms with Crippen molar-refractivity contribution in [1.82, 2.24) is 14.8 Å². The number of nitrogens with zero attached hydrogens (tertiary/aromatic N) is 3. The van der Waals surface area contributed by atoms with Crippen molar-refractivity contribution < 1.29 is 9.53 Å². The van der Waals surface area contributed by atoms with Crippen LogP contribution in [0.4, 0.5) is 5.69 Å². The minimum Gasteiger partial charge on any atom is -0.484 e. The standard InChI is InChI=1S/C17H15IN4O2/c1-22-11-19-21-17(22)12-3-2-4-14(9-12)20-16(23)10-24-15-7-5-13(18)6-8-15/h2-9,11H,10H2,1H3,(H,20,23). The number of carbonyl (C=O) groups excluding carboxylic acids is 1. The summed E-state index contributed by atoms with van der Waals surface area (Å²) in [6.45, 7) is -0.0468. The van der Waals surface area contributed by atoms with Gasteiger partial charge in [0.25, 0.3) is 5.91 Å². The number of aryl methyl sites for hydroxylation is 1. The smallest absolute Gasteiger partial charge is 0.262 e. The van der Waals surface area contributed by atoms with Crippen LogP contribution in [0.15, 0.2) is 54.9 Å². The first-order chi connectivity index (χ1) is 11.6. The molecule has 0 aliphatic carbocycles. The first-order valence-corrected chi connectivity index (χ1v) is 8.32. The lowest BCUT2D eigenvalue weighted by atomic mass is 10.2. The van der Waals surface area contributed by atoms with Crippen LogP contribution in [0, 0.1) is 3.57 Å². The molecule has 3 rings (SSSR count). The third-order valence-electron chi connectivity index (χ3n) is 3.30. The Balaban J connectivity index is 1.62. The van der Waals surface area contributed by atoms with E-state index in [1.807, 2.05) is 60.1 Å². The molecule has 24 heavy (non-hydrogen) atoms. The molecule has 7 heteroatoms. The lowest BCUT2D eigenvalue weighted by molar-refractivity contribution is -0.118. The number of ether oxygens (including phenoxy) is 1. The van der Waals surface area contributed by atoms with Crippen LogP contribution in [-0.4, -0.2) is 27.3 Å². The molecule has 0 atom stereocenters. The van der Waals surface area contributed by atoms with Gasteiger partial charge in [0.05, 0.1) is 0 Å². The van der Waals surface area contributed by atoms with Gasteiger partial charge in [0.15, 0.2) is 12.4 Å². The molecule has 2 aromatic carbocycles. The Hall–Kier alpha value is -2.42. The fourth-order valence-corrected chi connectivity index (χ4v) is 2.52. The summed E-state index contributed by atoms with van der Waals surface area (Å²) in [5.41, 5.74) is 1.57. The Morgan fingerprint density at radius 1 is 1.25 bits per heavy atom. The quantitative estimate of drug-likeness (QED) is 0.627. The molecule has 122 valence electrons. The van der Waals surface area contributed by atoms with Crippen molar-refractivity contribution >= 4 is 34.2 Å². The SMILES string of the molecule is Cn1cnnc1-c1cccc(NC(=O)COc2ccc(I)cc2)c1. The fourth-order valence-electron chi connectivity index (χ4n) is 2.16. The van der Waals surface area contributed by atoms with E-state index < -0.39 is 0 Å². The van der Waals surface area contributed by atoms with E-state index in [2.05, 4.69) is 38.1 Å². The maximum atomic E-state index is 12.0. The van der Waals surface area contributed by atoms with E-state index in [0.717, 1.165) is 15.0 Å². The van der Waals surface area contributed by atoms with Crippen molar-refractivity contribution in [2.24, 2.45) is 7.05 Å². The van der Waals surface area contributed by atoms with Crippen LogP contribution in [0.25, 0.3) is 11.4 Å². The zero-order valence-corrected chi connectivity index (χ0v) is 15.1. The van der Waals surface area contributed by atoms with E-state index in [-0.39, 0.29) is 12.5 Å². The zero-order valence-electron chi connectivity index (χ0n) is 12.9. The van der Waals surface area contributed by atoms with E-state index >= 15 is 0 Å². The van der Waals surface area contributed by atoms with Crippen LogP contribution in [0.2, 0.25) is 0 Å². The normalized spacial score (nSPS) is 10.4. The van der Waals surface area contributed by atoms with Crippen molar-refractivity contribution in [1.29, 1.82) is 0 Å². The van der Waals surface area contributed by atoms with Gasteiger partial charge in [0, 0.05) is 21.9 Å². The summed E-state index contributed by atoms with van der Waals surface area (Å²) in [6.07, 6.45) is 1.63. The predicted molar refractivity (Wildman–Crippen MR) is 99.7 cm³/mol. The summed E-state index contributed by atoms with van der Waals surface area (Å²) in [4.78, 5) is 12.0. The predicted octanol–water partition coefficient (Wildman–Crippen LogP) is 3.10. The number of benzene rings is 2. The van der Waals surface area contributed by atoms with Gasteiger partial charge >= 0.3 is 0 Å². The summed E-state index contributed by atoms with van der Waals surface area (Å²) in [6, 6.07) is 15.0. The molecule has 1 aromatic heterocycles. The lowest BCUT2D eigenvalue weighted by Gasteiger charge is -2.09. The van der Waals surface area contributed by atoms with Gasteiger partial charge in [-0.25, -0.2) is 0 Å². The van der Waals surface area contributed by atoms with Gasteiger partial charge in [-0.15, -0.1) is 10.2 Å². The molecule has 1 heterocycles. The fraction of sp³-hybridized carbons (Fsp3) is 0.118. The van der Waals surface area contributed by atoms with Crippen LogP contribution in [0.5, 0.6) is 5.75 Å². The van der Waals surface area contributed by atoms with Crippen molar-refractivity contribution in [3.8, 4) is 17.1 Å². The van der Waals surface area contributed by atoms with Crippen LogP contribution in [0.3, 0.4) is 0 Å². The Morgan fingerprint density at radius 2 is 2.04 bits per heavy atom. The molecule has 1 amide bonds. The Morgan fingerprint density at radius 3 is 2.75 bits per heavy atom. The number of hydrogen-bond donors (Lipinski definition) is 1. The van der Waals surface area contributed by atoms with E-state index in [9.17, 15) is 4.79 Å². The van der Waals surface area contributed by atoms with Crippen molar-refractivity contribution in [2.75, 3.05) is 11.9 Å². The first-order valence-electron chi connectivity index (χ1n) is 7.24. The molecule has 0 fully saturated rings. The third kappa shape index (κ3) is 4.10. The molecule has 6 nitrogen and oxygen atoms in total. The summed E-state index contributed by atoms with van der Waals surface area (Å²) in [5, 5.41) is 10.7. The summed E-state index contributed by atoms with van der Waals surface area (Å²) in [7, 11) is 1.87. The molecule has 0 aliphatic rings. The lowest BCUT2D eigenvalue weighted by Crippen LogP contribution is -2.20. The number of nitrogens with one attached hydrogen (secondary N) is 1. The minimum absolute atomic E-state index is 0.0468. The molecule has 0 radical (unpaired) electrons. The monoisotopic (exact) mass is 434 g/mol. The van der Waals surface area contributed by atoms with Gasteiger partial charge in [0.2, 0.25) is 0 Å². The maximum Gasteiger partial charge on any atom is 0.262 e. The summed E-state index contributed by atoms with van der Waals surface area (Å²) in [5.74, 6) is 1.18. The van der Waals surface area contributed by atoms with Gasteiger partial charge in [-0.2, -0.15) is 0 Å². The van der Waals surface area contributed by atoms with E-state index in [4.69, 9.17) is 4.74 Å². The van der Waals surface area contributed by atoms with Crippen molar-refractivity contribution in [3.63, 3.8) is 0 Å². The van der Waals surface area contributed by atoms with Crippen LogP contribution < -0.4 is 10.1 Å². The van der Waals surface area contributed by atoms with Crippen LogP contribution in [0.1, 0.15) is 0 Å². The molecule has 0 aliphatic heterocycles. The highest BCUT2D eigenvalue weighted by molar-refractivity contribution is 14.1. The Kier molecular flexibility index (Phi) is 5.09. The highest BCUT2D eigenvalue weighted by atomic mass is 127. The molecule has 0 spiro atoms. The second-order valence-corrected chi connectivity index (χ2v) is 6.38. The number of anilines is 1. The van der Waals surface area contributed by atoms with Crippen LogP contribution >= 0.6 is 22.6 Å². The molecule has 0 bridgehead atoms. The number of carbonyl (C=O) groups is 1. The molecule has 0 saturated heterocycles. The average molecular weight is 434 g/mol. The van der Waals surface area contributed by atoms with Crippen LogP contribution in [-0.2, 0) is 11.8 Å². The molecular weight excluding hydrogens is 419 g/mol. The molecule has 0 saturated carbocycles. The highest BCUT2D eigenvalue weighted by Crippen LogP contribution is 2.20. The Bertz CT molecular complexity index is 846. The third-order valence-corrected chi connectivity index (χ3v) is 4.02. The van der Waals surface area contributed by atoms with Gasteiger partial charge < -0.3 is 14.6 Å². The molecule has 3 aromatic rings. The topological polar surface area (TPSA) is 69.0 Å². The summed E-state index contributed by atoms with van der Waals surface area (Å²) < 4.78 is 8.41. The molecule has 0 unspecified atom stereocenters. The van der Waals surface area contributed by atoms with E-state index in [0.29, 0.717) is 11.4 Å². The highest BCUT2D eigenvalue weighted by Gasteiger charge is 2.08. The number of amides is 1. The molecular formula is C17H15IN4O2.